The number of hydrogen-bond donors (Lipinski definition) is 2. The Kier molecular flexibility index (Phi) is 3.20. The van der Waals surface area contributed by atoms with Gasteiger partial charge in [0, 0.05) is 13.5 Å². The van der Waals surface area contributed by atoms with Crippen LogP contribution in [-0.4, -0.2) is 23.1 Å². The molecule has 0 aliphatic heterocycles. The molecular formula is C8H10N4O2. The molecule has 1 rings (SSSR count). The van der Waals surface area contributed by atoms with Crippen LogP contribution >= 0.6 is 0 Å². The highest BCUT2D eigenvalue weighted by atomic mass is 16.5. The highest BCUT2D eigenvalue weighted by Gasteiger charge is 2.17. The summed E-state index contributed by atoms with van der Waals surface area (Å²) in [5.41, 5.74) is 5.59. The molecule has 6 nitrogen and oxygen atoms in total. The molecule has 6 heteroatoms. The van der Waals surface area contributed by atoms with E-state index in [-0.39, 0.29) is 18.1 Å². The summed E-state index contributed by atoms with van der Waals surface area (Å²) in [6, 6.07) is -0.522. The van der Waals surface area contributed by atoms with Crippen LogP contribution in [0.15, 0.2) is 4.52 Å². The highest BCUT2D eigenvalue weighted by Crippen LogP contribution is 2.10. The summed E-state index contributed by atoms with van der Waals surface area (Å²) in [5, 5.41) is 5.80. The average Bonchev–Trinajstić information content (AvgIpc) is 2.66. The van der Waals surface area contributed by atoms with Crippen molar-refractivity contribution in [3.63, 3.8) is 0 Å². The molecule has 0 radical (unpaired) electrons. The number of terminal acetylenes is 1. The molecule has 1 atom stereocenters. The lowest BCUT2D eigenvalue weighted by Gasteiger charge is -1.98. The maximum atomic E-state index is 11.0. The van der Waals surface area contributed by atoms with Gasteiger partial charge in [0.15, 0.2) is 0 Å². The van der Waals surface area contributed by atoms with E-state index in [1.54, 1.807) is 0 Å². The number of carbonyl (C=O) groups excluding carboxylic acids is 1. The third-order valence-corrected chi connectivity index (χ3v) is 1.53. The largest absolute Gasteiger partial charge is 0.352 e. The van der Waals surface area contributed by atoms with Crippen molar-refractivity contribution in [2.24, 2.45) is 5.73 Å². The zero-order valence-electron chi connectivity index (χ0n) is 7.65. The summed E-state index contributed by atoms with van der Waals surface area (Å²) in [7, 11) is 1.47. The van der Waals surface area contributed by atoms with E-state index in [2.05, 4.69) is 21.4 Å². The van der Waals surface area contributed by atoms with Gasteiger partial charge in [-0.05, 0) is 0 Å². The summed E-state index contributed by atoms with van der Waals surface area (Å²) < 4.78 is 4.76. The summed E-state index contributed by atoms with van der Waals surface area (Å²) in [6.07, 6.45) is 5.35. The second kappa shape index (κ2) is 4.39. The molecule has 0 saturated carbocycles. The maximum Gasteiger partial charge on any atom is 0.292 e. The summed E-state index contributed by atoms with van der Waals surface area (Å²) >= 11 is 0. The molecule has 1 unspecified atom stereocenters. The van der Waals surface area contributed by atoms with E-state index < -0.39 is 11.9 Å². The highest BCUT2D eigenvalue weighted by molar-refractivity contribution is 5.89. The SMILES string of the molecule is C#CCC(N)c1nc(C(=O)NC)no1. The van der Waals surface area contributed by atoms with Crippen molar-refractivity contribution in [2.45, 2.75) is 12.5 Å². The van der Waals surface area contributed by atoms with Crippen molar-refractivity contribution in [1.29, 1.82) is 0 Å². The molecule has 0 aliphatic carbocycles. The van der Waals surface area contributed by atoms with Crippen molar-refractivity contribution in [3.05, 3.63) is 11.7 Å². The fourth-order valence-corrected chi connectivity index (χ4v) is 0.804. The van der Waals surface area contributed by atoms with Crippen molar-refractivity contribution >= 4 is 5.91 Å². The van der Waals surface area contributed by atoms with E-state index in [9.17, 15) is 4.79 Å². The summed E-state index contributed by atoms with van der Waals surface area (Å²) in [4.78, 5) is 14.8. The van der Waals surface area contributed by atoms with Gasteiger partial charge >= 0.3 is 0 Å². The molecule has 0 spiro atoms. The minimum atomic E-state index is -0.522. The number of rotatable bonds is 3. The van der Waals surface area contributed by atoms with Crippen molar-refractivity contribution in [1.82, 2.24) is 15.5 Å². The van der Waals surface area contributed by atoms with Gasteiger partial charge in [0.2, 0.25) is 5.89 Å². The minimum Gasteiger partial charge on any atom is -0.352 e. The van der Waals surface area contributed by atoms with E-state index in [1.165, 1.54) is 7.05 Å². The number of aromatic nitrogens is 2. The molecule has 0 fully saturated rings. The van der Waals surface area contributed by atoms with Crippen LogP contribution in [0.4, 0.5) is 0 Å². The first-order chi connectivity index (χ1) is 6.69. The lowest BCUT2D eigenvalue weighted by molar-refractivity contribution is 0.0950. The van der Waals surface area contributed by atoms with Gasteiger partial charge in [-0.25, -0.2) is 0 Å². The number of nitrogens with two attached hydrogens (primary N) is 1. The van der Waals surface area contributed by atoms with Crippen LogP contribution in [0.25, 0.3) is 0 Å². The molecule has 0 aromatic carbocycles. The summed E-state index contributed by atoms with van der Waals surface area (Å²) in [5.74, 6) is 2.06. The Bertz CT molecular complexity index is 366. The van der Waals surface area contributed by atoms with Crippen LogP contribution in [0.3, 0.4) is 0 Å². The standard InChI is InChI=1S/C8H10N4O2/c1-3-4-5(9)8-11-6(12-14-8)7(13)10-2/h1,5H,4,9H2,2H3,(H,10,13). The van der Waals surface area contributed by atoms with Crippen LogP contribution < -0.4 is 11.1 Å². The van der Waals surface area contributed by atoms with Crippen molar-refractivity contribution < 1.29 is 9.32 Å². The fraction of sp³-hybridized carbons (Fsp3) is 0.375. The van der Waals surface area contributed by atoms with Crippen LogP contribution in [0.2, 0.25) is 0 Å². The normalized spacial score (nSPS) is 11.8. The average molecular weight is 194 g/mol. The molecule has 1 amide bonds. The Labute approximate surface area is 80.9 Å². The fourth-order valence-electron chi connectivity index (χ4n) is 0.804. The Balaban J connectivity index is 2.78. The second-order valence-electron chi connectivity index (χ2n) is 2.55. The van der Waals surface area contributed by atoms with E-state index >= 15 is 0 Å². The van der Waals surface area contributed by atoms with Gasteiger partial charge < -0.3 is 15.6 Å². The molecule has 3 N–H and O–H groups in total. The van der Waals surface area contributed by atoms with Crippen molar-refractivity contribution in [2.75, 3.05) is 7.05 Å². The van der Waals surface area contributed by atoms with Gasteiger partial charge in [-0.15, -0.1) is 12.3 Å². The van der Waals surface area contributed by atoms with Gasteiger partial charge in [-0.3, -0.25) is 4.79 Å². The molecule has 1 aromatic heterocycles. The van der Waals surface area contributed by atoms with Gasteiger partial charge in [0.1, 0.15) is 0 Å². The Morgan fingerprint density at radius 1 is 1.86 bits per heavy atom. The van der Waals surface area contributed by atoms with Crippen LogP contribution in [0.5, 0.6) is 0 Å². The molecular weight excluding hydrogens is 184 g/mol. The van der Waals surface area contributed by atoms with Gasteiger partial charge in [0.25, 0.3) is 11.7 Å². The van der Waals surface area contributed by atoms with E-state index in [4.69, 9.17) is 16.7 Å². The van der Waals surface area contributed by atoms with Crippen LogP contribution in [0.1, 0.15) is 29.0 Å². The molecule has 0 aliphatic rings. The predicted molar refractivity (Wildman–Crippen MR) is 48.1 cm³/mol. The molecule has 0 saturated heterocycles. The first kappa shape index (κ1) is 10.2. The predicted octanol–water partition coefficient (Wildman–Crippen LogP) is -0.548. The van der Waals surface area contributed by atoms with Crippen LogP contribution in [-0.2, 0) is 0 Å². The third-order valence-electron chi connectivity index (χ3n) is 1.53. The maximum absolute atomic E-state index is 11.0. The minimum absolute atomic E-state index is 0.0463. The van der Waals surface area contributed by atoms with E-state index in [0.29, 0.717) is 0 Å². The Hall–Kier alpha value is -1.87. The molecule has 1 aromatic rings. The number of carbonyl (C=O) groups is 1. The number of nitrogens with one attached hydrogen (secondary N) is 1. The second-order valence-corrected chi connectivity index (χ2v) is 2.55. The lowest BCUT2D eigenvalue weighted by Crippen LogP contribution is -2.19. The zero-order valence-corrected chi connectivity index (χ0v) is 7.65. The number of hydrogen-bond acceptors (Lipinski definition) is 5. The Morgan fingerprint density at radius 2 is 2.57 bits per heavy atom. The van der Waals surface area contributed by atoms with E-state index in [0.717, 1.165) is 0 Å². The Morgan fingerprint density at radius 3 is 3.14 bits per heavy atom. The summed E-state index contributed by atoms with van der Waals surface area (Å²) in [6.45, 7) is 0. The quantitative estimate of drug-likeness (QED) is 0.630. The smallest absolute Gasteiger partial charge is 0.292 e. The van der Waals surface area contributed by atoms with Gasteiger partial charge in [-0.2, -0.15) is 4.98 Å². The number of nitrogens with zero attached hydrogens (tertiary/aromatic N) is 2. The van der Waals surface area contributed by atoms with Gasteiger partial charge in [-0.1, -0.05) is 5.16 Å². The first-order valence-corrected chi connectivity index (χ1v) is 3.93. The molecule has 0 bridgehead atoms. The van der Waals surface area contributed by atoms with Gasteiger partial charge in [0.05, 0.1) is 6.04 Å². The van der Waals surface area contributed by atoms with Crippen LogP contribution in [0, 0.1) is 12.3 Å². The first-order valence-electron chi connectivity index (χ1n) is 3.93. The molecule has 1 heterocycles. The monoisotopic (exact) mass is 194 g/mol. The van der Waals surface area contributed by atoms with Crippen molar-refractivity contribution in [3.8, 4) is 12.3 Å². The topological polar surface area (TPSA) is 94.0 Å². The molecule has 74 valence electrons. The third kappa shape index (κ3) is 2.08. The lowest BCUT2D eigenvalue weighted by atomic mass is 10.2. The zero-order chi connectivity index (χ0) is 10.6. The van der Waals surface area contributed by atoms with E-state index in [1.807, 2.05) is 0 Å². The number of amides is 1. The molecule has 14 heavy (non-hydrogen) atoms.